The molecule has 2 aromatic rings. The number of nitrogens with two attached hydrogens (primary N) is 1. The highest BCUT2D eigenvalue weighted by Gasteiger charge is 2.23. The van der Waals surface area contributed by atoms with E-state index in [2.05, 4.69) is 23.3 Å². The summed E-state index contributed by atoms with van der Waals surface area (Å²) in [6, 6.07) is 9.20. The third-order valence-electron chi connectivity index (χ3n) is 4.31. The van der Waals surface area contributed by atoms with Crippen LogP contribution >= 0.6 is 12.6 Å². The highest BCUT2D eigenvalue weighted by Crippen LogP contribution is 2.23. The Labute approximate surface area is 175 Å². The summed E-state index contributed by atoms with van der Waals surface area (Å²) < 4.78 is 22.6. The fraction of sp³-hybridized carbons (Fsp3) is 0.368. The lowest BCUT2D eigenvalue weighted by Crippen LogP contribution is -2.42. The fourth-order valence-electron chi connectivity index (χ4n) is 2.73. The maximum absolute atomic E-state index is 12.7. The fourth-order valence-corrected chi connectivity index (χ4v) is 3.52. The maximum atomic E-state index is 12.7. The molecular weight excluding hydrogens is 414 g/mol. The van der Waals surface area contributed by atoms with Crippen molar-refractivity contribution in [3.05, 3.63) is 42.0 Å². The quantitative estimate of drug-likeness (QED) is 0.350. The number of hydrogen-bond acceptors (Lipinski definition) is 7. The van der Waals surface area contributed by atoms with Crippen LogP contribution in [0.2, 0.25) is 0 Å². The first-order valence-electron chi connectivity index (χ1n) is 8.95. The molecule has 0 aliphatic rings. The highest BCUT2D eigenvalue weighted by molar-refractivity contribution is 7.90. The second-order valence-corrected chi connectivity index (χ2v) is 9.47. The predicted molar refractivity (Wildman–Crippen MR) is 117 cm³/mol. The number of nitrogens with one attached hydrogen (secondary N) is 2. The van der Waals surface area contributed by atoms with Crippen molar-refractivity contribution in [2.24, 2.45) is 5.73 Å². The van der Waals surface area contributed by atoms with Gasteiger partial charge in [0.2, 0.25) is 0 Å². The van der Waals surface area contributed by atoms with Gasteiger partial charge in [0.1, 0.15) is 15.9 Å². The number of carboxylic acids is 1. The molecule has 0 aromatic heterocycles. The van der Waals surface area contributed by atoms with Crippen molar-refractivity contribution in [2.45, 2.75) is 18.5 Å². The van der Waals surface area contributed by atoms with Gasteiger partial charge in [0, 0.05) is 35.8 Å². The highest BCUT2D eigenvalue weighted by atomic mass is 32.2. The monoisotopic (exact) mass is 439 g/mol. The van der Waals surface area contributed by atoms with E-state index < -0.39 is 27.8 Å². The Balaban J connectivity index is 2.20. The van der Waals surface area contributed by atoms with E-state index in [0.717, 1.165) is 17.3 Å². The predicted octanol–water partition coefficient (Wildman–Crippen LogP) is 1.13. The second kappa shape index (κ2) is 9.95. The Hall–Kier alpha value is -2.30. The average molecular weight is 440 g/mol. The number of sulfone groups is 1. The van der Waals surface area contributed by atoms with Crippen LogP contribution in [0.4, 0.5) is 5.69 Å². The van der Waals surface area contributed by atoms with Crippen LogP contribution in [0.15, 0.2) is 36.4 Å². The van der Waals surface area contributed by atoms with Gasteiger partial charge in [-0.2, -0.15) is 12.6 Å². The molecule has 2 aromatic carbocycles. The summed E-state index contributed by atoms with van der Waals surface area (Å²) in [6.45, 7) is 0.551. The summed E-state index contributed by atoms with van der Waals surface area (Å²) >= 11 is 4.14. The Kier molecular flexibility index (Phi) is 7.88. The van der Waals surface area contributed by atoms with Crippen LogP contribution in [0, 0.1) is 0 Å². The Bertz CT molecular complexity index is 995. The minimum atomic E-state index is -3.34. The number of rotatable bonds is 10. The standard InChI is InChI=1S/C19H25N3O5S2/c1-29(26,27)8-7-17(19(24)25)22-18(23)16-4-2-3-12-9-14(5-6-15(12)16)21-10-13(20)11-28/h2-6,9,13,17,21,28H,7-8,10-11,20H2,1H3,(H,22,23)(H,24,25)/t13-,17+/m1/s1. The Morgan fingerprint density at radius 1 is 1.24 bits per heavy atom. The van der Waals surface area contributed by atoms with E-state index in [1.165, 1.54) is 0 Å². The minimum Gasteiger partial charge on any atom is -0.480 e. The first kappa shape index (κ1) is 23.0. The summed E-state index contributed by atoms with van der Waals surface area (Å²) in [7, 11) is -3.34. The molecule has 0 saturated heterocycles. The summed E-state index contributed by atoms with van der Waals surface area (Å²) in [4.78, 5) is 24.1. The van der Waals surface area contributed by atoms with E-state index in [-0.39, 0.29) is 18.2 Å². The summed E-state index contributed by atoms with van der Waals surface area (Å²) in [5.74, 6) is -1.64. The van der Waals surface area contributed by atoms with Crippen molar-refractivity contribution < 1.29 is 23.1 Å². The van der Waals surface area contributed by atoms with Crippen molar-refractivity contribution in [3.63, 3.8) is 0 Å². The summed E-state index contributed by atoms with van der Waals surface area (Å²) in [5.41, 5.74) is 6.99. The molecule has 0 spiro atoms. The van der Waals surface area contributed by atoms with Crippen LogP contribution in [0.1, 0.15) is 16.8 Å². The molecule has 0 aliphatic heterocycles. The van der Waals surface area contributed by atoms with Gasteiger partial charge >= 0.3 is 5.97 Å². The Morgan fingerprint density at radius 3 is 2.59 bits per heavy atom. The third kappa shape index (κ3) is 6.91. The van der Waals surface area contributed by atoms with E-state index in [1.807, 2.05) is 18.2 Å². The van der Waals surface area contributed by atoms with Crippen molar-refractivity contribution in [2.75, 3.05) is 29.6 Å². The summed E-state index contributed by atoms with van der Waals surface area (Å²) in [5, 5.41) is 16.4. The normalized spacial score (nSPS) is 13.6. The topological polar surface area (TPSA) is 139 Å². The van der Waals surface area contributed by atoms with Crippen LogP contribution in [-0.4, -0.2) is 61.8 Å². The van der Waals surface area contributed by atoms with E-state index in [0.29, 0.717) is 23.2 Å². The molecule has 0 unspecified atom stereocenters. The molecule has 29 heavy (non-hydrogen) atoms. The molecule has 0 fully saturated rings. The van der Waals surface area contributed by atoms with Crippen molar-refractivity contribution in [3.8, 4) is 0 Å². The van der Waals surface area contributed by atoms with Crippen molar-refractivity contribution in [1.29, 1.82) is 0 Å². The molecular formula is C19H25N3O5S2. The van der Waals surface area contributed by atoms with E-state index in [9.17, 15) is 23.1 Å². The smallest absolute Gasteiger partial charge is 0.326 e. The number of anilines is 1. The largest absolute Gasteiger partial charge is 0.480 e. The number of carboxylic acid groups (broad SMARTS) is 1. The van der Waals surface area contributed by atoms with Crippen LogP contribution in [0.25, 0.3) is 10.8 Å². The number of carbonyl (C=O) groups excluding carboxylic acids is 1. The van der Waals surface area contributed by atoms with Gasteiger partial charge in [0.25, 0.3) is 5.91 Å². The molecule has 0 bridgehead atoms. The number of amides is 1. The second-order valence-electron chi connectivity index (χ2n) is 6.85. The van der Waals surface area contributed by atoms with Gasteiger partial charge in [-0.1, -0.05) is 18.2 Å². The number of fused-ring (bicyclic) bond motifs is 1. The van der Waals surface area contributed by atoms with E-state index in [1.54, 1.807) is 18.2 Å². The number of benzene rings is 2. The molecule has 0 saturated carbocycles. The van der Waals surface area contributed by atoms with Gasteiger partial charge in [0.05, 0.1) is 5.75 Å². The molecule has 0 aliphatic carbocycles. The molecule has 0 heterocycles. The number of carbonyl (C=O) groups is 2. The van der Waals surface area contributed by atoms with Gasteiger partial charge < -0.3 is 21.5 Å². The molecule has 1 amide bonds. The van der Waals surface area contributed by atoms with Gasteiger partial charge in [-0.15, -0.1) is 0 Å². The lowest BCUT2D eigenvalue weighted by Gasteiger charge is -2.16. The molecule has 0 radical (unpaired) electrons. The van der Waals surface area contributed by atoms with E-state index >= 15 is 0 Å². The van der Waals surface area contributed by atoms with Crippen LogP contribution in [0.3, 0.4) is 0 Å². The zero-order chi connectivity index (χ0) is 21.6. The van der Waals surface area contributed by atoms with Crippen molar-refractivity contribution >= 4 is 50.8 Å². The molecule has 8 nitrogen and oxygen atoms in total. The molecule has 158 valence electrons. The zero-order valence-electron chi connectivity index (χ0n) is 16.0. The average Bonchev–Trinajstić information content (AvgIpc) is 2.67. The number of aliphatic carboxylic acids is 1. The van der Waals surface area contributed by atoms with E-state index in [4.69, 9.17) is 5.73 Å². The summed E-state index contributed by atoms with van der Waals surface area (Å²) in [6.07, 6.45) is 0.817. The molecule has 2 atom stereocenters. The first-order valence-corrected chi connectivity index (χ1v) is 11.6. The maximum Gasteiger partial charge on any atom is 0.326 e. The SMILES string of the molecule is CS(=O)(=O)CC[C@H](NC(=O)c1cccc2cc(NC[C@@H](N)CS)ccc12)C(=O)O. The van der Waals surface area contributed by atoms with Crippen LogP contribution in [-0.2, 0) is 14.6 Å². The molecule has 10 heteroatoms. The first-order chi connectivity index (χ1) is 13.6. The number of hydrogen-bond donors (Lipinski definition) is 5. The zero-order valence-corrected chi connectivity index (χ0v) is 17.7. The van der Waals surface area contributed by atoms with Gasteiger partial charge in [-0.05, 0) is 35.4 Å². The van der Waals surface area contributed by atoms with Gasteiger partial charge in [0.15, 0.2) is 0 Å². The van der Waals surface area contributed by atoms with Gasteiger partial charge in [-0.3, -0.25) is 4.79 Å². The Morgan fingerprint density at radius 2 is 1.97 bits per heavy atom. The van der Waals surface area contributed by atoms with Crippen molar-refractivity contribution in [1.82, 2.24) is 5.32 Å². The lowest BCUT2D eigenvalue weighted by molar-refractivity contribution is -0.139. The number of thiol groups is 1. The van der Waals surface area contributed by atoms with Gasteiger partial charge in [-0.25, -0.2) is 13.2 Å². The third-order valence-corrected chi connectivity index (χ3v) is 5.75. The van der Waals surface area contributed by atoms with Crippen LogP contribution < -0.4 is 16.4 Å². The van der Waals surface area contributed by atoms with Crippen LogP contribution in [0.5, 0.6) is 0 Å². The molecule has 2 rings (SSSR count). The minimum absolute atomic E-state index is 0.0916. The lowest BCUT2D eigenvalue weighted by atomic mass is 10.0. The molecule has 5 N–H and O–H groups in total.